The van der Waals surface area contributed by atoms with E-state index in [1.54, 1.807) is 13.2 Å². The third-order valence-corrected chi connectivity index (χ3v) is 9.41. The van der Waals surface area contributed by atoms with Gasteiger partial charge in [-0.3, -0.25) is 9.69 Å². The van der Waals surface area contributed by atoms with Gasteiger partial charge in [0.15, 0.2) is 0 Å². The average Bonchev–Trinajstić information content (AvgIpc) is 3.33. The van der Waals surface area contributed by atoms with E-state index in [0.717, 1.165) is 21.7 Å². The van der Waals surface area contributed by atoms with Crippen molar-refractivity contribution in [1.29, 1.82) is 0 Å². The van der Waals surface area contributed by atoms with E-state index >= 15 is 0 Å². The lowest BCUT2D eigenvalue weighted by atomic mass is 10.1. The quantitative estimate of drug-likeness (QED) is 0.207. The number of pyridine rings is 1. The first kappa shape index (κ1) is 33.2. The molecule has 0 bridgehead atoms. The molecule has 3 aromatic rings. The van der Waals surface area contributed by atoms with E-state index in [1.165, 1.54) is 23.3 Å². The van der Waals surface area contributed by atoms with Gasteiger partial charge < -0.3 is 24.3 Å². The molecule has 12 heteroatoms. The summed E-state index contributed by atoms with van der Waals surface area (Å²) in [7, 11) is 2.90. The second-order valence-electron chi connectivity index (χ2n) is 12.6. The Bertz CT molecular complexity index is 1650. The van der Waals surface area contributed by atoms with Crippen molar-refractivity contribution in [2.45, 2.75) is 71.1 Å². The van der Waals surface area contributed by atoms with E-state index in [1.807, 2.05) is 44.4 Å². The summed E-state index contributed by atoms with van der Waals surface area (Å²) in [5.41, 5.74) is 1.99. The van der Waals surface area contributed by atoms with Crippen LogP contribution in [0, 0.1) is 18.8 Å². The van der Waals surface area contributed by atoms with Crippen molar-refractivity contribution in [2.24, 2.45) is 11.8 Å². The highest BCUT2D eigenvalue weighted by Crippen LogP contribution is 2.46. The van der Waals surface area contributed by atoms with Gasteiger partial charge in [0, 0.05) is 34.7 Å². The summed E-state index contributed by atoms with van der Waals surface area (Å²) in [4.78, 5) is 50.9. The molecule has 2 aromatic heterocycles. The molecule has 2 amide bonds. The van der Waals surface area contributed by atoms with Gasteiger partial charge in [-0.25, -0.2) is 19.6 Å². The molecule has 0 unspecified atom stereocenters. The Hall–Kier alpha value is -4.19. The number of aryl methyl sites for hydroxylation is 1. The van der Waals surface area contributed by atoms with Crippen LogP contribution in [0.1, 0.15) is 57.7 Å². The Morgan fingerprint density at radius 3 is 2.54 bits per heavy atom. The molecule has 1 aliphatic heterocycles. The average molecular weight is 651 g/mol. The number of carbonyl (C=O) groups is 3. The number of hydrogen-bond donors (Lipinski definition) is 1. The van der Waals surface area contributed by atoms with Crippen LogP contribution < -0.4 is 14.8 Å². The fourth-order valence-corrected chi connectivity index (χ4v) is 6.74. The lowest BCUT2D eigenvalue weighted by Crippen LogP contribution is -2.53. The van der Waals surface area contributed by atoms with Crippen molar-refractivity contribution in [3.63, 3.8) is 0 Å². The van der Waals surface area contributed by atoms with Crippen LogP contribution in [0.25, 0.3) is 21.6 Å². The molecule has 11 nitrogen and oxygen atoms in total. The van der Waals surface area contributed by atoms with E-state index < -0.39 is 35.7 Å². The SMILES string of the molecule is C=C[C@@H]1C[C@]1(NC(=O)[C@@H]1C[C@@H](Oc2cc(-c3nc(C(C)C)cs3)nc3c(C)c(OC)ccc23)CN1C(=O)OCC(C)C)C(=O)OC. The molecular weight excluding hydrogens is 608 g/mol. The highest BCUT2D eigenvalue weighted by atomic mass is 32.1. The Labute approximate surface area is 273 Å². The lowest BCUT2D eigenvalue weighted by molar-refractivity contribution is -0.147. The topological polar surface area (TPSA) is 129 Å². The van der Waals surface area contributed by atoms with Gasteiger partial charge in [0.2, 0.25) is 5.91 Å². The first-order valence-electron chi connectivity index (χ1n) is 15.5. The molecule has 2 fully saturated rings. The largest absolute Gasteiger partial charge is 0.496 e. The summed E-state index contributed by atoms with van der Waals surface area (Å²) in [5.74, 6) is 0.330. The minimum atomic E-state index is -1.20. The maximum absolute atomic E-state index is 13.8. The number of likely N-dealkylation sites (tertiary alicyclic amines) is 1. The molecule has 1 N–H and O–H groups in total. The fourth-order valence-electron chi connectivity index (χ4n) is 5.80. The third-order valence-electron chi connectivity index (χ3n) is 8.53. The van der Waals surface area contributed by atoms with Crippen molar-refractivity contribution >= 4 is 40.2 Å². The molecule has 1 saturated carbocycles. The van der Waals surface area contributed by atoms with Crippen LogP contribution in [0.2, 0.25) is 0 Å². The van der Waals surface area contributed by atoms with Crippen molar-refractivity contribution in [3.8, 4) is 22.2 Å². The number of thiazole rings is 1. The maximum atomic E-state index is 13.8. The van der Waals surface area contributed by atoms with E-state index in [9.17, 15) is 14.4 Å². The molecule has 246 valence electrons. The molecule has 1 aromatic carbocycles. The van der Waals surface area contributed by atoms with Gasteiger partial charge >= 0.3 is 12.1 Å². The number of nitrogens with zero attached hydrogens (tertiary/aromatic N) is 3. The van der Waals surface area contributed by atoms with Crippen LogP contribution >= 0.6 is 11.3 Å². The monoisotopic (exact) mass is 650 g/mol. The zero-order valence-corrected chi connectivity index (χ0v) is 28.2. The summed E-state index contributed by atoms with van der Waals surface area (Å²) in [6, 6.07) is 4.69. The summed E-state index contributed by atoms with van der Waals surface area (Å²) < 4.78 is 22.8. The third kappa shape index (κ3) is 6.40. The summed E-state index contributed by atoms with van der Waals surface area (Å²) >= 11 is 1.51. The smallest absolute Gasteiger partial charge is 0.410 e. The molecule has 4 atom stereocenters. The number of aromatic nitrogens is 2. The van der Waals surface area contributed by atoms with Gasteiger partial charge in [-0.15, -0.1) is 17.9 Å². The maximum Gasteiger partial charge on any atom is 0.410 e. The summed E-state index contributed by atoms with van der Waals surface area (Å²) in [6.45, 7) is 14.1. The number of rotatable bonds is 11. The molecule has 0 spiro atoms. The molecule has 0 radical (unpaired) electrons. The molecule has 1 saturated heterocycles. The predicted octanol–water partition coefficient (Wildman–Crippen LogP) is 5.65. The predicted molar refractivity (Wildman–Crippen MR) is 175 cm³/mol. The number of carbonyl (C=O) groups excluding carboxylic acids is 3. The van der Waals surface area contributed by atoms with E-state index in [2.05, 4.69) is 25.7 Å². The Kier molecular flexibility index (Phi) is 9.57. The zero-order chi connectivity index (χ0) is 33.3. The number of benzene rings is 1. The summed E-state index contributed by atoms with van der Waals surface area (Å²) in [5, 5.41) is 6.42. The normalized spacial score (nSPS) is 22.2. The number of amides is 2. The first-order valence-corrected chi connectivity index (χ1v) is 16.4. The van der Waals surface area contributed by atoms with Crippen LogP contribution in [0.15, 0.2) is 36.2 Å². The molecule has 2 aliphatic rings. The minimum Gasteiger partial charge on any atom is -0.496 e. The number of methoxy groups -OCH3 is 2. The van der Waals surface area contributed by atoms with Crippen LogP contribution in [0.4, 0.5) is 4.79 Å². The number of hydrogen-bond acceptors (Lipinski definition) is 10. The molecule has 46 heavy (non-hydrogen) atoms. The molecule has 1 aliphatic carbocycles. The highest BCUT2D eigenvalue weighted by molar-refractivity contribution is 7.13. The van der Waals surface area contributed by atoms with Gasteiger partial charge in [0.05, 0.1) is 38.6 Å². The second kappa shape index (κ2) is 13.3. The van der Waals surface area contributed by atoms with E-state index in [4.69, 9.17) is 28.9 Å². The summed E-state index contributed by atoms with van der Waals surface area (Å²) in [6.07, 6.45) is 1.01. The molecule has 3 heterocycles. The van der Waals surface area contributed by atoms with Gasteiger partial charge in [0.1, 0.15) is 39.9 Å². The second-order valence-corrected chi connectivity index (χ2v) is 13.5. The Balaban J connectivity index is 1.48. The van der Waals surface area contributed by atoms with Crippen molar-refractivity contribution in [1.82, 2.24) is 20.2 Å². The lowest BCUT2D eigenvalue weighted by Gasteiger charge is -2.25. The molecular formula is C34H42N4O7S. The highest BCUT2D eigenvalue weighted by Gasteiger charge is 2.62. The van der Waals surface area contributed by atoms with Crippen molar-refractivity contribution in [3.05, 3.63) is 47.5 Å². The number of ether oxygens (including phenoxy) is 4. The first-order chi connectivity index (χ1) is 21.9. The van der Waals surface area contributed by atoms with Crippen LogP contribution in [0.3, 0.4) is 0 Å². The van der Waals surface area contributed by atoms with Crippen LogP contribution in [0.5, 0.6) is 11.5 Å². The van der Waals surface area contributed by atoms with Gasteiger partial charge in [-0.1, -0.05) is 33.8 Å². The van der Waals surface area contributed by atoms with Gasteiger partial charge in [-0.05, 0) is 37.3 Å². The van der Waals surface area contributed by atoms with Crippen molar-refractivity contribution in [2.75, 3.05) is 27.4 Å². The fraction of sp³-hybridized carbons (Fsp3) is 0.500. The van der Waals surface area contributed by atoms with Gasteiger partial charge in [0.25, 0.3) is 0 Å². The van der Waals surface area contributed by atoms with Crippen LogP contribution in [-0.4, -0.2) is 77.9 Å². The van der Waals surface area contributed by atoms with Crippen molar-refractivity contribution < 1.29 is 33.3 Å². The van der Waals surface area contributed by atoms with E-state index in [-0.39, 0.29) is 37.3 Å². The van der Waals surface area contributed by atoms with Gasteiger partial charge in [-0.2, -0.15) is 0 Å². The Morgan fingerprint density at radius 2 is 1.93 bits per heavy atom. The van der Waals surface area contributed by atoms with Crippen LogP contribution in [-0.2, 0) is 19.1 Å². The Morgan fingerprint density at radius 1 is 1.17 bits per heavy atom. The minimum absolute atomic E-state index is 0.105. The number of nitrogens with one attached hydrogen (secondary N) is 1. The number of fused-ring (bicyclic) bond motifs is 1. The number of esters is 1. The van der Waals surface area contributed by atoms with E-state index in [0.29, 0.717) is 29.1 Å². The standard InChI is InChI=1S/C34H42N4O7S/c1-9-21-14-34(21,32(40)43-8)37-30(39)26-12-22(15-38(26)33(41)44-16-18(2)3)45-28-13-24(31-36-25(17-46-31)19(4)5)35-29-20(6)27(42-7)11-10-23(28)29/h9-11,13,17-19,21-22,26H,1,12,14-16H2,2-8H3,(H,37,39)/t21-,22-,26+,34-/m1/s1. The molecule has 5 rings (SSSR count). The zero-order valence-electron chi connectivity index (χ0n) is 27.4.